The summed E-state index contributed by atoms with van der Waals surface area (Å²) in [5.74, 6) is 0.552. The molecule has 112 valence electrons. The van der Waals surface area contributed by atoms with Gasteiger partial charge in [0.2, 0.25) is 0 Å². The van der Waals surface area contributed by atoms with Gasteiger partial charge in [0.1, 0.15) is 0 Å². The maximum atomic E-state index is 11.5. The Bertz CT molecular complexity index is 448. The number of esters is 1. The van der Waals surface area contributed by atoms with Gasteiger partial charge >= 0.3 is 5.97 Å². The quantitative estimate of drug-likeness (QED) is 0.771. The lowest BCUT2D eigenvalue weighted by molar-refractivity contribution is -0.144. The second-order valence-electron chi connectivity index (χ2n) is 5.63. The Morgan fingerprint density at radius 2 is 2.10 bits per heavy atom. The third-order valence-corrected chi connectivity index (χ3v) is 3.90. The van der Waals surface area contributed by atoms with E-state index in [0.717, 1.165) is 38.2 Å². The number of aromatic nitrogens is 2. The summed E-state index contributed by atoms with van der Waals surface area (Å²) < 4.78 is 7.10. The maximum absolute atomic E-state index is 11.5. The van der Waals surface area contributed by atoms with E-state index in [9.17, 15) is 4.79 Å². The molecule has 0 radical (unpaired) electrons. The van der Waals surface area contributed by atoms with Gasteiger partial charge in [0.15, 0.2) is 0 Å². The summed E-state index contributed by atoms with van der Waals surface area (Å²) in [4.78, 5) is 13.6. The minimum Gasteiger partial charge on any atom is -0.465 e. The summed E-state index contributed by atoms with van der Waals surface area (Å²) in [5, 5.41) is 4.53. The molecule has 1 aromatic heterocycles. The first-order valence-electron chi connectivity index (χ1n) is 7.47. The molecule has 1 saturated heterocycles. The molecular weight excluding hydrogens is 254 g/mol. The van der Waals surface area contributed by atoms with Crippen LogP contribution in [0.2, 0.25) is 0 Å². The fourth-order valence-corrected chi connectivity index (χ4v) is 2.82. The minimum atomic E-state index is -0.107. The molecule has 0 N–H and O–H groups in total. The van der Waals surface area contributed by atoms with Crippen LogP contribution in [0.4, 0.5) is 0 Å². The van der Waals surface area contributed by atoms with Gasteiger partial charge in [-0.05, 0) is 58.7 Å². The molecule has 0 aromatic carbocycles. The van der Waals surface area contributed by atoms with Crippen LogP contribution in [0.3, 0.4) is 0 Å². The van der Waals surface area contributed by atoms with E-state index in [1.54, 1.807) is 0 Å². The number of carbonyl (C=O) groups excluding carboxylic acids is 1. The zero-order valence-corrected chi connectivity index (χ0v) is 12.8. The highest BCUT2D eigenvalue weighted by molar-refractivity contribution is 5.71. The fourth-order valence-electron chi connectivity index (χ4n) is 2.82. The minimum absolute atomic E-state index is 0.107. The SMILES string of the molecule is CCOC(=O)CN1CCC(Cn2nc(C)cc2C)CC1. The van der Waals surface area contributed by atoms with Crippen molar-refractivity contribution in [3.8, 4) is 0 Å². The average Bonchev–Trinajstić information content (AvgIpc) is 2.70. The standard InChI is InChI=1S/C15H25N3O2/c1-4-20-15(19)11-17-7-5-14(6-8-17)10-18-13(3)9-12(2)16-18/h9,14H,4-8,10-11H2,1-3H3. The van der Waals surface area contributed by atoms with Gasteiger partial charge in [0.25, 0.3) is 0 Å². The van der Waals surface area contributed by atoms with Gasteiger partial charge in [-0.25, -0.2) is 0 Å². The number of carbonyl (C=O) groups is 1. The molecule has 1 fully saturated rings. The Balaban J connectivity index is 1.77. The van der Waals surface area contributed by atoms with Crippen molar-refractivity contribution in [1.82, 2.24) is 14.7 Å². The van der Waals surface area contributed by atoms with Crippen molar-refractivity contribution in [3.05, 3.63) is 17.5 Å². The van der Waals surface area contributed by atoms with E-state index >= 15 is 0 Å². The first-order valence-corrected chi connectivity index (χ1v) is 7.47. The molecule has 1 aliphatic heterocycles. The zero-order chi connectivity index (χ0) is 14.5. The average molecular weight is 279 g/mol. The van der Waals surface area contributed by atoms with Crippen molar-refractivity contribution in [2.75, 3.05) is 26.2 Å². The summed E-state index contributed by atoms with van der Waals surface area (Å²) >= 11 is 0. The number of hydrogen-bond donors (Lipinski definition) is 0. The van der Waals surface area contributed by atoms with Crippen molar-refractivity contribution in [3.63, 3.8) is 0 Å². The largest absolute Gasteiger partial charge is 0.465 e. The topological polar surface area (TPSA) is 47.4 Å². The van der Waals surface area contributed by atoms with Crippen molar-refractivity contribution in [2.45, 2.75) is 40.2 Å². The van der Waals surface area contributed by atoms with Crippen LogP contribution in [0.25, 0.3) is 0 Å². The van der Waals surface area contributed by atoms with E-state index in [1.807, 2.05) is 13.8 Å². The zero-order valence-electron chi connectivity index (χ0n) is 12.8. The molecule has 0 saturated carbocycles. The highest BCUT2D eigenvalue weighted by Gasteiger charge is 2.22. The fraction of sp³-hybridized carbons (Fsp3) is 0.733. The Hall–Kier alpha value is -1.36. The van der Waals surface area contributed by atoms with Crippen molar-refractivity contribution in [2.24, 2.45) is 5.92 Å². The lowest BCUT2D eigenvalue weighted by Gasteiger charge is -2.31. The van der Waals surface area contributed by atoms with Crippen LogP contribution < -0.4 is 0 Å². The lowest BCUT2D eigenvalue weighted by atomic mass is 9.97. The monoisotopic (exact) mass is 279 g/mol. The second kappa shape index (κ2) is 6.88. The van der Waals surface area contributed by atoms with Crippen LogP contribution in [0.5, 0.6) is 0 Å². The van der Waals surface area contributed by atoms with Gasteiger partial charge in [0.05, 0.1) is 18.8 Å². The summed E-state index contributed by atoms with van der Waals surface area (Å²) in [6.07, 6.45) is 2.25. The lowest BCUT2D eigenvalue weighted by Crippen LogP contribution is -2.39. The van der Waals surface area contributed by atoms with Crippen LogP contribution >= 0.6 is 0 Å². The summed E-state index contributed by atoms with van der Waals surface area (Å²) in [6.45, 7) is 9.83. The number of rotatable bonds is 5. The Morgan fingerprint density at radius 3 is 2.65 bits per heavy atom. The van der Waals surface area contributed by atoms with Crippen molar-refractivity contribution in [1.29, 1.82) is 0 Å². The maximum Gasteiger partial charge on any atom is 0.320 e. The summed E-state index contributed by atoms with van der Waals surface area (Å²) in [7, 11) is 0. The molecule has 0 bridgehead atoms. The number of likely N-dealkylation sites (tertiary alicyclic amines) is 1. The smallest absolute Gasteiger partial charge is 0.320 e. The van der Waals surface area contributed by atoms with Crippen LogP contribution in [-0.2, 0) is 16.1 Å². The van der Waals surface area contributed by atoms with Gasteiger partial charge in [-0.3, -0.25) is 14.4 Å². The molecule has 5 nitrogen and oxygen atoms in total. The molecular formula is C15H25N3O2. The predicted molar refractivity (Wildman–Crippen MR) is 77.5 cm³/mol. The molecule has 0 unspecified atom stereocenters. The normalized spacial score (nSPS) is 17.4. The first-order chi connectivity index (χ1) is 9.58. The molecule has 1 aliphatic rings. The number of ether oxygens (including phenoxy) is 1. The molecule has 20 heavy (non-hydrogen) atoms. The van der Waals surface area contributed by atoms with Crippen LogP contribution in [0.15, 0.2) is 6.07 Å². The molecule has 0 amide bonds. The van der Waals surface area contributed by atoms with E-state index in [1.165, 1.54) is 5.69 Å². The van der Waals surface area contributed by atoms with Gasteiger partial charge in [-0.2, -0.15) is 5.10 Å². The van der Waals surface area contributed by atoms with Gasteiger partial charge in [-0.15, -0.1) is 0 Å². The Labute approximate surface area is 120 Å². The van der Waals surface area contributed by atoms with Gasteiger partial charge in [0, 0.05) is 12.2 Å². The molecule has 5 heteroatoms. The van der Waals surface area contributed by atoms with E-state index in [-0.39, 0.29) is 5.97 Å². The highest BCUT2D eigenvalue weighted by atomic mass is 16.5. The third kappa shape index (κ3) is 4.07. The molecule has 2 heterocycles. The van der Waals surface area contributed by atoms with E-state index < -0.39 is 0 Å². The number of hydrogen-bond acceptors (Lipinski definition) is 4. The van der Waals surface area contributed by atoms with Crippen molar-refractivity contribution >= 4 is 5.97 Å². The summed E-state index contributed by atoms with van der Waals surface area (Å²) in [5.41, 5.74) is 2.32. The number of aryl methyl sites for hydroxylation is 2. The van der Waals surface area contributed by atoms with E-state index in [2.05, 4.69) is 27.7 Å². The Kier molecular flexibility index (Phi) is 5.17. The van der Waals surface area contributed by atoms with Crippen LogP contribution in [-0.4, -0.2) is 46.9 Å². The number of piperidine rings is 1. The molecule has 0 spiro atoms. The number of nitrogens with zero attached hydrogens (tertiary/aromatic N) is 3. The summed E-state index contributed by atoms with van der Waals surface area (Å²) in [6, 6.07) is 2.12. The van der Waals surface area contributed by atoms with Crippen LogP contribution in [0, 0.1) is 19.8 Å². The molecule has 0 atom stereocenters. The Morgan fingerprint density at radius 1 is 1.40 bits per heavy atom. The van der Waals surface area contributed by atoms with E-state index in [0.29, 0.717) is 19.1 Å². The van der Waals surface area contributed by atoms with E-state index in [4.69, 9.17) is 4.74 Å². The molecule has 2 rings (SSSR count). The molecule has 0 aliphatic carbocycles. The highest BCUT2D eigenvalue weighted by Crippen LogP contribution is 2.19. The molecule has 1 aromatic rings. The van der Waals surface area contributed by atoms with Crippen molar-refractivity contribution < 1.29 is 9.53 Å². The van der Waals surface area contributed by atoms with Gasteiger partial charge in [-0.1, -0.05) is 0 Å². The second-order valence-corrected chi connectivity index (χ2v) is 5.63. The van der Waals surface area contributed by atoms with Gasteiger partial charge < -0.3 is 4.74 Å². The first kappa shape index (κ1) is 15.0. The predicted octanol–water partition coefficient (Wildman–Crippen LogP) is 1.78. The van der Waals surface area contributed by atoms with Crippen LogP contribution in [0.1, 0.15) is 31.2 Å². The third-order valence-electron chi connectivity index (χ3n) is 3.90.